The summed E-state index contributed by atoms with van der Waals surface area (Å²) in [6.07, 6.45) is 0.691. The fraction of sp³-hybridized carbons (Fsp3) is 0.550. The highest BCUT2D eigenvalue weighted by atomic mass is 16.2. The summed E-state index contributed by atoms with van der Waals surface area (Å²) >= 11 is 0. The molecule has 3 saturated heterocycles. The average Bonchev–Trinajstić information content (AvgIpc) is 3.29. The highest BCUT2D eigenvalue weighted by Gasteiger charge is 2.41. The number of rotatable bonds is 3. The fourth-order valence-electron chi connectivity index (χ4n) is 5.14. The summed E-state index contributed by atoms with van der Waals surface area (Å²) < 4.78 is 0. The van der Waals surface area contributed by atoms with Gasteiger partial charge in [-0.3, -0.25) is 24.6 Å². The Morgan fingerprint density at radius 3 is 2.59 bits per heavy atom. The van der Waals surface area contributed by atoms with Crippen molar-refractivity contribution in [2.24, 2.45) is 11.8 Å². The molecule has 4 aliphatic heterocycles. The molecule has 4 heterocycles. The molecule has 0 saturated carbocycles. The molecule has 0 aliphatic carbocycles. The standard InChI is InChI=1S/C20H24N4O3/c25-17-5-4-16(19(26)22-17)24-11-13-3-1-2-12(18(13)20(24)27)8-23-9-14-6-21-7-15(14)10-23/h1-3,14-16,21H,4-11H2,(H,22,25,26)/t14-,15+,16?. The van der Waals surface area contributed by atoms with Crippen LogP contribution >= 0.6 is 0 Å². The minimum absolute atomic E-state index is 0.0730. The molecule has 0 aromatic heterocycles. The molecule has 7 nitrogen and oxygen atoms in total. The van der Waals surface area contributed by atoms with E-state index in [1.807, 2.05) is 18.2 Å². The van der Waals surface area contributed by atoms with E-state index >= 15 is 0 Å². The largest absolute Gasteiger partial charge is 0.322 e. The first-order valence-electron chi connectivity index (χ1n) is 9.78. The van der Waals surface area contributed by atoms with Crippen molar-refractivity contribution in [1.82, 2.24) is 20.4 Å². The van der Waals surface area contributed by atoms with Crippen LogP contribution in [0.25, 0.3) is 0 Å². The molecule has 0 spiro atoms. The van der Waals surface area contributed by atoms with Gasteiger partial charge in [0, 0.05) is 38.2 Å². The number of amides is 3. The van der Waals surface area contributed by atoms with Crippen molar-refractivity contribution in [1.29, 1.82) is 0 Å². The van der Waals surface area contributed by atoms with Crippen LogP contribution in [0.2, 0.25) is 0 Å². The number of fused-ring (bicyclic) bond motifs is 2. The number of hydrogen-bond donors (Lipinski definition) is 2. The van der Waals surface area contributed by atoms with Crippen LogP contribution < -0.4 is 10.6 Å². The second kappa shape index (κ2) is 6.42. The van der Waals surface area contributed by atoms with Crippen molar-refractivity contribution in [2.75, 3.05) is 26.2 Å². The van der Waals surface area contributed by atoms with Gasteiger partial charge in [-0.15, -0.1) is 0 Å². The van der Waals surface area contributed by atoms with Gasteiger partial charge in [0.25, 0.3) is 5.91 Å². The molecule has 5 rings (SSSR count). The number of benzene rings is 1. The summed E-state index contributed by atoms with van der Waals surface area (Å²) in [7, 11) is 0. The number of piperidine rings is 1. The second-order valence-electron chi connectivity index (χ2n) is 8.22. The van der Waals surface area contributed by atoms with Crippen LogP contribution in [0.1, 0.15) is 34.3 Å². The fourth-order valence-corrected chi connectivity index (χ4v) is 5.14. The maximum Gasteiger partial charge on any atom is 0.255 e. The zero-order valence-corrected chi connectivity index (χ0v) is 15.2. The summed E-state index contributed by atoms with van der Waals surface area (Å²) in [4.78, 5) is 40.9. The van der Waals surface area contributed by atoms with E-state index in [1.165, 1.54) is 0 Å². The molecule has 0 radical (unpaired) electrons. The number of carbonyl (C=O) groups excluding carboxylic acids is 3. The molecular weight excluding hydrogens is 344 g/mol. The SMILES string of the molecule is O=C1CCC(N2Cc3cccc(CN4C[C@H]5CNC[C@H]5C4)c3C2=O)C(=O)N1. The molecule has 27 heavy (non-hydrogen) atoms. The molecule has 3 fully saturated rings. The molecule has 1 aromatic carbocycles. The molecule has 7 heteroatoms. The van der Waals surface area contributed by atoms with E-state index in [1.54, 1.807) is 4.90 Å². The molecule has 3 amide bonds. The van der Waals surface area contributed by atoms with Crippen LogP contribution in [0.3, 0.4) is 0 Å². The Kier molecular flexibility index (Phi) is 4.02. The van der Waals surface area contributed by atoms with E-state index < -0.39 is 6.04 Å². The van der Waals surface area contributed by atoms with Crippen molar-refractivity contribution in [3.05, 3.63) is 34.9 Å². The monoisotopic (exact) mass is 368 g/mol. The van der Waals surface area contributed by atoms with E-state index in [0.717, 1.165) is 61.2 Å². The van der Waals surface area contributed by atoms with E-state index in [4.69, 9.17) is 0 Å². The lowest BCUT2D eigenvalue weighted by molar-refractivity contribution is -0.136. The Labute approximate surface area is 158 Å². The lowest BCUT2D eigenvalue weighted by Gasteiger charge is -2.29. The number of hydrogen-bond acceptors (Lipinski definition) is 5. The third kappa shape index (κ3) is 2.85. The number of imide groups is 1. The first kappa shape index (κ1) is 16.9. The highest BCUT2D eigenvalue weighted by Crippen LogP contribution is 2.32. The second-order valence-corrected chi connectivity index (χ2v) is 8.22. The Morgan fingerprint density at radius 1 is 1.07 bits per heavy atom. The molecule has 4 aliphatic rings. The van der Waals surface area contributed by atoms with Gasteiger partial charge < -0.3 is 10.2 Å². The molecule has 1 aromatic rings. The summed E-state index contributed by atoms with van der Waals surface area (Å²) in [5.41, 5.74) is 2.81. The van der Waals surface area contributed by atoms with Crippen LogP contribution in [0.15, 0.2) is 18.2 Å². The van der Waals surface area contributed by atoms with Gasteiger partial charge in [-0.2, -0.15) is 0 Å². The molecular formula is C20H24N4O3. The molecule has 3 atom stereocenters. The van der Waals surface area contributed by atoms with Crippen LogP contribution in [0, 0.1) is 11.8 Å². The molecule has 0 bridgehead atoms. The van der Waals surface area contributed by atoms with Crippen molar-refractivity contribution >= 4 is 17.7 Å². The highest BCUT2D eigenvalue weighted by molar-refractivity contribution is 6.05. The van der Waals surface area contributed by atoms with Crippen molar-refractivity contribution in [3.8, 4) is 0 Å². The third-order valence-corrected chi connectivity index (χ3v) is 6.50. The van der Waals surface area contributed by atoms with Gasteiger partial charge in [0.1, 0.15) is 6.04 Å². The van der Waals surface area contributed by atoms with Gasteiger partial charge in [-0.05, 0) is 42.5 Å². The maximum absolute atomic E-state index is 13.1. The summed E-state index contributed by atoms with van der Waals surface area (Å²) in [6, 6.07) is 5.48. The zero-order chi connectivity index (χ0) is 18.5. The van der Waals surface area contributed by atoms with E-state index in [9.17, 15) is 14.4 Å². The molecule has 2 N–H and O–H groups in total. The topological polar surface area (TPSA) is 81.8 Å². The Balaban J connectivity index is 1.35. The van der Waals surface area contributed by atoms with Gasteiger partial charge >= 0.3 is 0 Å². The molecule has 1 unspecified atom stereocenters. The van der Waals surface area contributed by atoms with Crippen molar-refractivity contribution < 1.29 is 14.4 Å². The Morgan fingerprint density at radius 2 is 1.85 bits per heavy atom. The number of nitrogens with one attached hydrogen (secondary N) is 2. The van der Waals surface area contributed by atoms with Crippen LogP contribution in [-0.2, 0) is 22.7 Å². The Hall–Kier alpha value is -2.25. The van der Waals surface area contributed by atoms with Crippen molar-refractivity contribution in [2.45, 2.75) is 32.0 Å². The van der Waals surface area contributed by atoms with E-state index in [2.05, 4.69) is 15.5 Å². The maximum atomic E-state index is 13.1. The predicted octanol–water partition coefficient (Wildman–Crippen LogP) is 0.0988. The first-order chi connectivity index (χ1) is 13.1. The lowest BCUT2D eigenvalue weighted by atomic mass is 10.0. The van der Waals surface area contributed by atoms with Crippen LogP contribution in [-0.4, -0.2) is 59.7 Å². The quantitative estimate of drug-likeness (QED) is 0.740. The summed E-state index contributed by atoms with van der Waals surface area (Å²) in [5.74, 6) is 0.759. The average molecular weight is 368 g/mol. The van der Waals surface area contributed by atoms with Gasteiger partial charge in [-0.1, -0.05) is 18.2 Å². The summed E-state index contributed by atoms with van der Waals surface area (Å²) in [5, 5.41) is 5.82. The first-order valence-corrected chi connectivity index (χ1v) is 9.78. The number of carbonyl (C=O) groups is 3. The lowest BCUT2D eigenvalue weighted by Crippen LogP contribution is -2.52. The normalized spacial score (nSPS) is 30.6. The van der Waals surface area contributed by atoms with E-state index in [0.29, 0.717) is 13.0 Å². The smallest absolute Gasteiger partial charge is 0.255 e. The van der Waals surface area contributed by atoms with Crippen LogP contribution in [0.5, 0.6) is 0 Å². The van der Waals surface area contributed by atoms with Crippen molar-refractivity contribution in [3.63, 3.8) is 0 Å². The predicted molar refractivity (Wildman–Crippen MR) is 97.6 cm³/mol. The zero-order valence-electron chi connectivity index (χ0n) is 15.2. The van der Waals surface area contributed by atoms with Gasteiger partial charge in [0.2, 0.25) is 11.8 Å². The van der Waals surface area contributed by atoms with Gasteiger partial charge in [-0.25, -0.2) is 0 Å². The number of nitrogens with zero attached hydrogens (tertiary/aromatic N) is 2. The van der Waals surface area contributed by atoms with Gasteiger partial charge in [0.15, 0.2) is 0 Å². The third-order valence-electron chi connectivity index (χ3n) is 6.50. The Bertz CT molecular complexity index is 811. The van der Waals surface area contributed by atoms with Crippen LogP contribution in [0.4, 0.5) is 0 Å². The summed E-state index contributed by atoms with van der Waals surface area (Å²) in [6.45, 7) is 5.57. The number of likely N-dealkylation sites (tertiary alicyclic amines) is 1. The minimum Gasteiger partial charge on any atom is -0.322 e. The van der Waals surface area contributed by atoms with Gasteiger partial charge in [0.05, 0.1) is 0 Å². The molecule has 142 valence electrons. The minimum atomic E-state index is -0.548. The van der Waals surface area contributed by atoms with E-state index in [-0.39, 0.29) is 24.1 Å².